The molecule has 1 nitrogen and oxygen atoms in total. The fraction of sp³-hybridized carbons (Fsp3) is 0.250. The van der Waals surface area contributed by atoms with Crippen LogP contribution in [0.15, 0.2) is 36.4 Å². The van der Waals surface area contributed by atoms with Crippen LogP contribution in [0.1, 0.15) is 22.7 Å². The van der Waals surface area contributed by atoms with E-state index in [0.29, 0.717) is 17.0 Å². The van der Waals surface area contributed by atoms with Crippen molar-refractivity contribution in [3.8, 4) is 0 Å². The summed E-state index contributed by atoms with van der Waals surface area (Å²) in [6.45, 7) is 1.93. The molecule has 1 N–H and O–H groups in total. The third-order valence-corrected chi connectivity index (χ3v) is 3.88. The van der Waals surface area contributed by atoms with Crippen LogP contribution in [0.3, 0.4) is 0 Å². The molecule has 0 aromatic heterocycles. The molecule has 2 rings (SSSR count). The van der Waals surface area contributed by atoms with Crippen LogP contribution in [0.2, 0.25) is 5.02 Å². The summed E-state index contributed by atoms with van der Waals surface area (Å²) in [7, 11) is 1.81. The Hall–Kier alpha value is -1.45. The summed E-state index contributed by atoms with van der Waals surface area (Å²) < 4.78 is 26.7. The van der Waals surface area contributed by atoms with Crippen molar-refractivity contribution >= 4 is 11.6 Å². The molecule has 0 aliphatic rings. The summed E-state index contributed by atoms with van der Waals surface area (Å²) >= 11 is 6.12. The first-order chi connectivity index (χ1) is 9.52. The van der Waals surface area contributed by atoms with Gasteiger partial charge in [0.25, 0.3) is 0 Å². The third kappa shape index (κ3) is 3.17. The average molecular weight is 296 g/mol. The first-order valence-electron chi connectivity index (χ1n) is 6.39. The van der Waals surface area contributed by atoms with Gasteiger partial charge in [-0.05, 0) is 49.2 Å². The van der Waals surface area contributed by atoms with Gasteiger partial charge in [0, 0.05) is 17.1 Å². The summed E-state index contributed by atoms with van der Waals surface area (Å²) in [6, 6.07) is 9.25. The smallest absolute Gasteiger partial charge is 0.129 e. The fourth-order valence-corrected chi connectivity index (χ4v) is 2.46. The van der Waals surface area contributed by atoms with E-state index in [0.717, 1.165) is 17.2 Å². The van der Waals surface area contributed by atoms with Gasteiger partial charge in [0.05, 0.1) is 0 Å². The van der Waals surface area contributed by atoms with E-state index in [9.17, 15) is 8.78 Å². The van der Waals surface area contributed by atoms with Crippen molar-refractivity contribution in [1.82, 2.24) is 5.32 Å². The number of hydrogen-bond acceptors (Lipinski definition) is 1. The van der Waals surface area contributed by atoms with Gasteiger partial charge in [-0.2, -0.15) is 0 Å². The fourth-order valence-electron chi connectivity index (χ4n) is 2.28. The van der Waals surface area contributed by atoms with E-state index in [1.54, 1.807) is 0 Å². The maximum absolute atomic E-state index is 13.7. The maximum Gasteiger partial charge on any atom is 0.129 e. The summed E-state index contributed by atoms with van der Waals surface area (Å²) in [6.07, 6.45) is 0.434. The molecule has 0 radical (unpaired) electrons. The van der Waals surface area contributed by atoms with Crippen molar-refractivity contribution in [1.29, 1.82) is 0 Å². The molecule has 0 saturated carbocycles. The number of likely N-dealkylation sites (N-methyl/N-ethyl adjacent to an activating group) is 1. The highest BCUT2D eigenvalue weighted by Gasteiger charge is 2.16. The Morgan fingerprint density at radius 2 is 1.95 bits per heavy atom. The molecule has 1 unspecified atom stereocenters. The van der Waals surface area contributed by atoms with Crippen molar-refractivity contribution in [2.75, 3.05) is 7.05 Å². The molecule has 0 saturated heterocycles. The monoisotopic (exact) mass is 295 g/mol. The van der Waals surface area contributed by atoms with Gasteiger partial charge in [-0.1, -0.05) is 29.8 Å². The van der Waals surface area contributed by atoms with Crippen LogP contribution in [0.25, 0.3) is 0 Å². The minimum absolute atomic E-state index is 0.0753. The highest BCUT2D eigenvalue weighted by atomic mass is 35.5. The molecule has 4 heteroatoms. The molecule has 0 spiro atoms. The van der Waals surface area contributed by atoms with Gasteiger partial charge in [-0.3, -0.25) is 0 Å². The predicted octanol–water partition coefficient (Wildman–Crippen LogP) is 4.43. The van der Waals surface area contributed by atoms with Gasteiger partial charge in [-0.15, -0.1) is 0 Å². The first-order valence-corrected chi connectivity index (χ1v) is 6.77. The highest BCUT2D eigenvalue weighted by Crippen LogP contribution is 2.27. The molecular formula is C16H16ClF2N. The Bertz CT molecular complexity index is 613. The molecule has 0 heterocycles. The average Bonchev–Trinajstić information content (AvgIpc) is 2.42. The van der Waals surface area contributed by atoms with Gasteiger partial charge in [0.15, 0.2) is 0 Å². The summed E-state index contributed by atoms with van der Waals surface area (Å²) in [4.78, 5) is 0. The Balaban J connectivity index is 2.31. The minimum atomic E-state index is -0.564. The lowest BCUT2D eigenvalue weighted by atomic mass is 9.95. The standard InChI is InChI=1S/C16H16ClF2N/c1-10-13(4-3-5-14(10)17)16(20-2)8-11-6-7-12(18)9-15(11)19/h3-7,9,16,20H,8H2,1-2H3. The second kappa shape index (κ2) is 6.33. The zero-order chi connectivity index (χ0) is 14.7. The number of rotatable bonds is 4. The highest BCUT2D eigenvalue weighted by molar-refractivity contribution is 6.31. The molecule has 1 atom stereocenters. The SMILES string of the molecule is CNC(Cc1ccc(F)cc1F)c1cccc(Cl)c1C. The summed E-state index contributed by atoms with van der Waals surface area (Å²) in [5.41, 5.74) is 2.46. The van der Waals surface area contributed by atoms with Gasteiger partial charge in [-0.25, -0.2) is 8.78 Å². The molecule has 2 aromatic rings. The molecule has 2 aromatic carbocycles. The van der Waals surface area contributed by atoms with Crippen molar-refractivity contribution in [3.05, 3.63) is 69.7 Å². The number of benzene rings is 2. The van der Waals surface area contributed by atoms with Crippen LogP contribution in [-0.4, -0.2) is 7.05 Å². The topological polar surface area (TPSA) is 12.0 Å². The number of nitrogens with one attached hydrogen (secondary N) is 1. The molecule has 106 valence electrons. The van der Waals surface area contributed by atoms with Crippen LogP contribution in [0.4, 0.5) is 8.78 Å². The quantitative estimate of drug-likeness (QED) is 0.880. The lowest BCUT2D eigenvalue weighted by Gasteiger charge is -2.20. The van der Waals surface area contributed by atoms with E-state index >= 15 is 0 Å². The van der Waals surface area contributed by atoms with Crippen LogP contribution < -0.4 is 5.32 Å². The Morgan fingerprint density at radius 1 is 1.20 bits per heavy atom. The van der Waals surface area contributed by atoms with Crippen molar-refractivity contribution < 1.29 is 8.78 Å². The molecule has 0 bridgehead atoms. The summed E-state index contributed by atoms with van der Waals surface area (Å²) in [5.74, 6) is -1.09. The molecule has 0 aliphatic carbocycles. The van der Waals surface area contributed by atoms with E-state index in [4.69, 9.17) is 11.6 Å². The number of halogens is 3. The lowest BCUT2D eigenvalue weighted by molar-refractivity contribution is 0.539. The summed E-state index contributed by atoms with van der Waals surface area (Å²) in [5, 5.41) is 3.84. The predicted molar refractivity (Wildman–Crippen MR) is 78.1 cm³/mol. The molecule has 0 fully saturated rings. The van der Waals surface area contributed by atoms with Crippen molar-refractivity contribution in [2.24, 2.45) is 0 Å². The van der Waals surface area contributed by atoms with E-state index in [1.807, 2.05) is 32.2 Å². The zero-order valence-corrected chi connectivity index (χ0v) is 12.1. The van der Waals surface area contributed by atoms with E-state index in [-0.39, 0.29) is 6.04 Å². The minimum Gasteiger partial charge on any atom is -0.313 e. The van der Waals surface area contributed by atoms with Crippen LogP contribution in [-0.2, 0) is 6.42 Å². The van der Waals surface area contributed by atoms with E-state index in [1.165, 1.54) is 12.1 Å². The zero-order valence-electron chi connectivity index (χ0n) is 11.4. The number of hydrogen-bond donors (Lipinski definition) is 1. The largest absolute Gasteiger partial charge is 0.313 e. The lowest BCUT2D eigenvalue weighted by Crippen LogP contribution is -2.20. The van der Waals surface area contributed by atoms with Crippen LogP contribution in [0.5, 0.6) is 0 Å². The maximum atomic E-state index is 13.7. The van der Waals surface area contributed by atoms with E-state index in [2.05, 4.69) is 5.32 Å². The van der Waals surface area contributed by atoms with Crippen LogP contribution in [0, 0.1) is 18.6 Å². The van der Waals surface area contributed by atoms with Gasteiger partial charge in [0.2, 0.25) is 0 Å². The molecular weight excluding hydrogens is 280 g/mol. The van der Waals surface area contributed by atoms with Gasteiger partial charge < -0.3 is 5.32 Å². The Kier molecular flexibility index (Phi) is 4.73. The molecule has 20 heavy (non-hydrogen) atoms. The molecule has 0 amide bonds. The second-order valence-electron chi connectivity index (χ2n) is 4.74. The van der Waals surface area contributed by atoms with Gasteiger partial charge >= 0.3 is 0 Å². The Morgan fingerprint density at radius 3 is 2.60 bits per heavy atom. The van der Waals surface area contributed by atoms with Crippen molar-refractivity contribution in [2.45, 2.75) is 19.4 Å². The Labute approximate surface area is 122 Å². The van der Waals surface area contributed by atoms with Crippen molar-refractivity contribution in [3.63, 3.8) is 0 Å². The first kappa shape index (κ1) is 14.9. The molecule has 0 aliphatic heterocycles. The normalized spacial score (nSPS) is 12.4. The van der Waals surface area contributed by atoms with E-state index < -0.39 is 11.6 Å². The second-order valence-corrected chi connectivity index (χ2v) is 5.14. The van der Waals surface area contributed by atoms with Gasteiger partial charge in [0.1, 0.15) is 11.6 Å². The van der Waals surface area contributed by atoms with Crippen LogP contribution >= 0.6 is 11.6 Å². The third-order valence-electron chi connectivity index (χ3n) is 3.47.